The Balaban J connectivity index is 2.80. The van der Waals surface area contributed by atoms with Crippen LogP contribution in [-0.2, 0) is 4.18 Å². The molecule has 3 N–H and O–H groups in total. The Labute approximate surface area is 98.4 Å². The highest BCUT2D eigenvalue weighted by Crippen LogP contribution is 2.37. The molecule has 3 nitrogen and oxygen atoms in total. The van der Waals surface area contributed by atoms with Gasteiger partial charge in [-0.3, -0.25) is 0 Å². The number of aryl methyl sites for hydroxylation is 1. The van der Waals surface area contributed by atoms with E-state index in [4.69, 9.17) is 9.92 Å². The Bertz CT molecular complexity index is 540. The first kappa shape index (κ1) is 11.1. The second kappa shape index (κ2) is 4.23. The molecule has 84 valence electrons. The van der Waals surface area contributed by atoms with Gasteiger partial charge in [0.05, 0.1) is 12.8 Å². The number of nitrogens with two attached hydrogens (primary N) is 1. The summed E-state index contributed by atoms with van der Waals surface area (Å²) in [7, 11) is 1.61. The van der Waals surface area contributed by atoms with Crippen molar-refractivity contribution < 1.29 is 9.29 Å². The lowest BCUT2D eigenvalue weighted by Crippen LogP contribution is -1.91. The second-order valence-electron chi connectivity index (χ2n) is 3.61. The van der Waals surface area contributed by atoms with Gasteiger partial charge in [0.1, 0.15) is 5.75 Å². The highest BCUT2D eigenvalue weighted by molar-refractivity contribution is 7.95. The van der Waals surface area contributed by atoms with E-state index in [-0.39, 0.29) is 5.75 Å². The van der Waals surface area contributed by atoms with Crippen LogP contribution in [0.15, 0.2) is 29.2 Å². The average molecular weight is 235 g/mol. The maximum absolute atomic E-state index is 9.60. The summed E-state index contributed by atoms with van der Waals surface area (Å²) in [5.41, 5.74) is 7.42. The van der Waals surface area contributed by atoms with E-state index in [1.54, 1.807) is 13.2 Å². The number of fused-ring (bicyclic) bond motifs is 1. The molecule has 0 heterocycles. The van der Waals surface area contributed by atoms with Crippen LogP contribution in [0.4, 0.5) is 5.69 Å². The molecule has 0 bridgehead atoms. The summed E-state index contributed by atoms with van der Waals surface area (Å²) in [6.45, 7) is 2.02. The number of hydrogen-bond donors (Lipinski definition) is 2. The van der Waals surface area contributed by atoms with Crippen LogP contribution in [0.2, 0.25) is 0 Å². The summed E-state index contributed by atoms with van der Waals surface area (Å²) >= 11 is 1.25. The Morgan fingerprint density at radius 1 is 1.31 bits per heavy atom. The molecule has 0 spiro atoms. The van der Waals surface area contributed by atoms with E-state index >= 15 is 0 Å². The summed E-state index contributed by atoms with van der Waals surface area (Å²) in [6, 6.07) is 7.49. The highest BCUT2D eigenvalue weighted by Gasteiger charge is 2.09. The molecule has 16 heavy (non-hydrogen) atoms. The van der Waals surface area contributed by atoms with Gasteiger partial charge in [0.25, 0.3) is 0 Å². The maximum atomic E-state index is 9.60. The number of nitrogen functional groups attached to an aromatic ring is 1. The number of aromatic hydroxyl groups is 1. The monoisotopic (exact) mass is 235 g/mol. The van der Waals surface area contributed by atoms with Crippen LogP contribution in [-0.4, -0.2) is 12.2 Å². The fraction of sp³-hybridized carbons (Fsp3) is 0.167. The first-order valence-electron chi connectivity index (χ1n) is 4.86. The van der Waals surface area contributed by atoms with E-state index in [0.29, 0.717) is 5.69 Å². The number of anilines is 1. The summed E-state index contributed by atoms with van der Waals surface area (Å²) in [6.07, 6.45) is 0. The second-order valence-corrected chi connectivity index (χ2v) is 4.55. The minimum Gasteiger partial charge on any atom is -0.506 e. The number of phenols is 1. The van der Waals surface area contributed by atoms with E-state index in [2.05, 4.69) is 0 Å². The van der Waals surface area contributed by atoms with Crippen molar-refractivity contribution >= 4 is 28.5 Å². The van der Waals surface area contributed by atoms with Gasteiger partial charge < -0.3 is 15.0 Å². The van der Waals surface area contributed by atoms with Gasteiger partial charge in [-0.05, 0) is 30.0 Å². The Morgan fingerprint density at radius 3 is 2.75 bits per heavy atom. The molecule has 2 aromatic carbocycles. The van der Waals surface area contributed by atoms with Gasteiger partial charge in [-0.2, -0.15) is 0 Å². The molecule has 0 atom stereocenters. The molecule has 0 fully saturated rings. The Kier molecular flexibility index (Phi) is 2.94. The molecular formula is C12H13NO2S. The fourth-order valence-electron chi connectivity index (χ4n) is 1.74. The van der Waals surface area contributed by atoms with Gasteiger partial charge in [0.2, 0.25) is 0 Å². The van der Waals surface area contributed by atoms with Gasteiger partial charge in [-0.25, -0.2) is 0 Å². The van der Waals surface area contributed by atoms with E-state index < -0.39 is 0 Å². The largest absolute Gasteiger partial charge is 0.506 e. The van der Waals surface area contributed by atoms with Crippen molar-refractivity contribution in [1.82, 2.24) is 0 Å². The van der Waals surface area contributed by atoms with Gasteiger partial charge in [-0.1, -0.05) is 12.1 Å². The van der Waals surface area contributed by atoms with Crippen molar-refractivity contribution in [3.05, 3.63) is 29.8 Å². The first-order valence-corrected chi connectivity index (χ1v) is 5.60. The van der Waals surface area contributed by atoms with Gasteiger partial charge >= 0.3 is 0 Å². The SMILES string of the molecule is COSc1cc(C)cc2ccc(O)c(N)c12. The highest BCUT2D eigenvalue weighted by atomic mass is 32.2. The number of rotatable bonds is 2. The quantitative estimate of drug-likeness (QED) is 0.477. The number of benzene rings is 2. The maximum Gasteiger partial charge on any atom is 0.139 e. The Hall–Kier alpha value is -1.39. The van der Waals surface area contributed by atoms with Gasteiger partial charge in [0.15, 0.2) is 0 Å². The van der Waals surface area contributed by atoms with Crippen LogP contribution in [0.5, 0.6) is 5.75 Å². The standard InChI is InChI=1S/C12H13NO2S/c1-7-5-8-3-4-9(14)12(13)11(8)10(6-7)16-15-2/h3-6,14H,13H2,1-2H3. The minimum atomic E-state index is 0.106. The van der Waals surface area contributed by atoms with Crippen molar-refractivity contribution in [1.29, 1.82) is 0 Å². The minimum absolute atomic E-state index is 0.106. The summed E-state index contributed by atoms with van der Waals surface area (Å²) in [5.74, 6) is 0.106. The van der Waals surface area contributed by atoms with Crippen LogP contribution in [0, 0.1) is 6.92 Å². The van der Waals surface area contributed by atoms with Gasteiger partial charge in [-0.15, -0.1) is 0 Å². The molecule has 0 aliphatic rings. The number of hydrogen-bond acceptors (Lipinski definition) is 4. The van der Waals surface area contributed by atoms with E-state index in [0.717, 1.165) is 21.2 Å². The zero-order valence-corrected chi connectivity index (χ0v) is 9.97. The third-order valence-electron chi connectivity index (χ3n) is 2.42. The lowest BCUT2D eigenvalue weighted by atomic mass is 10.1. The van der Waals surface area contributed by atoms with E-state index in [1.165, 1.54) is 12.0 Å². The molecule has 0 aliphatic carbocycles. The molecule has 2 aromatic rings. The molecule has 0 radical (unpaired) electrons. The van der Waals surface area contributed by atoms with Crippen LogP contribution in [0.25, 0.3) is 10.8 Å². The van der Waals surface area contributed by atoms with Crippen LogP contribution in [0.3, 0.4) is 0 Å². The lowest BCUT2D eigenvalue weighted by molar-refractivity contribution is 0.478. The van der Waals surface area contributed by atoms with Crippen molar-refractivity contribution in [3.8, 4) is 5.75 Å². The third kappa shape index (κ3) is 1.81. The van der Waals surface area contributed by atoms with Crippen LogP contribution in [0.1, 0.15) is 5.56 Å². The molecular weight excluding hydrogens is 222 g/mol. The molecule has 0 unspecified atom stereocenters. The van der Waals surface area contributed by atoms with Crippen molar-refractivity contribution in [2.45, 2.75) is 11.8 Å². The smallest absolute Gasteiger partial charge is 0.139 e. The zero-order valence-electron chi connectivity index (χ0n) is 9.15. The summed E-state index contributed by atoms with van der Waals surface area (Å²) in [4.78, 5) is 0.922. The van der Waals surface area contributed by atoms with Crippen molar-refractivity contribution in [3.63, 3.8) is 0 Å². The van der Waals surface area contributed by atoms with Crippen LogP contribution < -0.4 is 5.73 Å². The molecule has 4 heteroatoms. The topological polar surface area (TPSA) is 55.5 Å². The molecule has 0 saturated carbocycles. The summed E-state index contributed by atoms with van der Waals surface area (Å²) in [5, 5.41) is 11.5. The molecule has 0 saturated heterocycles. The molecule has 2 rings (SSSR count). The Morgan fingerprint density at radius 2 is 2.06 bits per heavy atom. The predicted molar refractivity (Wildman–Crippen MR) is 67.6 cm³/mol. The first-order chi connectivity index (χ1) is 7.63. The fourth-order valence-corrected chi connectivity index (χ4v) is 2.47. The third-order valence-corrected chi connectivity index (χ3v) is 3.08. The zero-order chi connectivity index (χ0) is 11.7. The predicted octanol–water partition coefficient (Wildman–Crippen LogP) is 3.09. The number of phenolic OH excluding ortho intramolecular Hbond substituents is 1. The van der Waals surface area contributed by atoms with Gasteiger partial charge in [0, 0.05) is 22.3 Å². The van der Waals surface area contributed by atoms with Crippen molar-refractivity contribution in [2.24, 2.45) is 0 Å². The normalized spacial score (nSPS) is 10.9. The molecule has 0 aliphatic heterocycles. The molecule has 0 amide bonds. The lowest BCUT2D eigenvalue weighted by Gasteiger charge is -2.10. The van der Waals surface area contributed by atoms with E-state index in [9.17, 15) is 5.11 Å². The van der Waals surface area contributed by atoms with Crippen LogP contribution >= 0.6 is 12.0 Å². The molecule has 0 aromatic heterocycles. The average Bonchev–Trinajstić information content (AvgIpc) is 2.23. The van der Waals surface area contributed by atoms with Crippen molar-refractivity contribution in [2.75, 3.05) is 12.8 Å². The van der Waals surface area contributed by atoms with E-state index in [1.807, 2.05) is 25.1 Å². The summed E-state index contributed by atoms with van der Waals surface area (Å²) < 4.78 is 5.07.